The Labute approximate surface area is 155 Å². The normalized spacial score (nSPS) is 14.3. The summed E-state index contributed by atoms with van der Waals surface area (Å²) in [5.74, 6) is -0.576. The van der Waals surface area contributed by atoms with E-state index in [2.05, 4.69) is 11.4 Å². The van der Waals surface area contributed by atoms with Gasteiger partial charge in [-0.2, -0.15) is 5.26 Å². The molecule has 0 saturated carbocycles. The van der Waals surface area contributed by atoms with Crippen LogP contribution < -0.4 is 11.1 Å². The summed E-state index contributed by atoms with van der Waals surface area (Å²) in [5, 5.41) is 12.5. The lowest BCUT2D eigenvalue weighted by molar-refractivity contribution is 0.0736. The summed E-state index contributed by atoms with van der Waals surface area (Å²) in [7, 11) is 0. The fraction of sp³-hybridized carbons (Fsp3) is 0.250. The van der Waals surface area contributed by atoms with Crippen molar-refractivity contribution in [2.75, 3.05) is 26.2 Å². The summed E-state index contributed by atoms with van der Waals surface area (Å²) < 4.78 is 6.84. The minimum absolute atomic E-state index is 0.0661. The lowest BCUT2D eigenvalue weighted by atomic mass is 10.1. The molecule has 1 aliphatic rings. The average Bonchev–Trinajstić information content (AvgIpc) is 3.03. The minimum Gasteiger partial charge on any atom is -0.408 e. The Balaban J connectivity index is 1.68. The Morgan fingerprint density at radius 3 is 2.74 bits per heavy atom. The molecule has 0 unspecified atom stereocenters. The van der Waals surface area contributed by atoms with Gasteiger partial charge in [-0.3, -0.25) is 9.36 Å². The van der Waals surface area contributed by atoms with Crippen LogP contribution in [0.2, 0.25) is 0 Å². The van der Waals surface area contributed by atoms with Crippen LogP contribution in [-0.4, -0.2) is 41.6 Å². The van der Waals surface area contributed by atoms with Gasteiger partial charge in [-0.25, -0.2) is 4.79 Å². The van der Waals surface area contributed by atoms with Gasteiger partial charge in [0.1, 0.15) is 0 Å². The van der Waals surface area contributed by atoms with E-state index in [1.807, 2.05) is 12.1 Å². The van der Waals surface area contributed by atoms with Crippen molar-refractivity contribution < 1.29 is 9.21 Å². The average molecular weight is 362 g/mol. The highest BCUT2D eigenvalue weighted by atomic mass is 16.4. The van der Waals surface area contributed by atoms with E-state index in [4.69, 9.17) is 4.42 Å². The number of oxazole rings is 1. The van der Waals surface area contributed by atoms with E-state index in [1.54, 1.807) is 35.2 Å². The van der Waals surface area contributed by atoms with Crippen LogP contribution in [0.3, 0.4) is 0 Å². The first-order valence-electron chi connectivity index (χ1n) is 8.79. The van der Waals surface area contributed by atoms with Crippen LogP contribution in [0.5, 0.6) is 0 Å². The summed E-state index contributed by atoms with van der Waals surface area (Å²) in [6.45, 7) is 3.11. The number of nitrogens with one attached hydrogen (secondary N) is 1. The number of hydrogen-bond donors (Lipinski definition) is 1. The molecule has 2 aromatic carbocycles. The lowest BCUT2D eigenvalue weighted by Gasteiger charge is -2.27. The number of carbonyl (C=O) groups excluding carboxylic acids is 1. The van der Waals surface area contributed by atoms with Gasteiger partial charge in [0.25, 0.3) is 5.91 Å². The number of aromatic nitrogens is 1. The first-order valence-corrected chi connectivity index (χ1v) is 8.79. The molecule has 27 heavy (non-hydrogen) atoms. The van der Waals surface area contributed by atoms with E-state index >= 15 is 0 Å². The monoisotopic (exact) mass is 362 g/mol. The van der Waals surface area contributed by atoms with Gasteiger partial charge in [0.05, 0.1) is 23.7 Å². The van der Waals surface area contributed by atoms with Gasteiger partial charge in [-0.05, 0) is 29.8 Å². The third-order valence-corrected chi connectivity index (χ3v) is 4.79. The Morgan fingerprint density at radius 2 is 1.96 bits per heavy atom. The number of hydrogen-bond acceptors (Lipinski definition) is 5. The van der Waals surface area contributed by atoms with Crippen molar-refractivity contribution in [1.82, 2.24) is 14.8 Å². The molecule has 3 aromatic rings. The van der Waals surface area contributed by atoms with E-state index in [0.29, 0.717) is 35.3 Å². The molecule has 1 amide bonds. The van der Waals surface area contributed by atoms with Gasteiger partial charge in [-0.1, -0.05) is 18.2 Å². The zero-order valence-corrected chi connectivity index (χ0v) is 14.6. The van der Waals surface area contributed by atoms with Crippen LogP contribution in [0.1, 0.15) is 21.5 Å². The maximum Gasteiger partial charge on any atom is 0.420 e. The van der Waals surface area contributed by atoms with Crippen LogP contribution in [0, 0.1) is 11.3 Å². The van der Waals surface area contributed by atoms with E-state index in [0.717, 1.165) is 18.7 Å². The summed E-state index contributed by atoms with van der Waals surface area (Å²) in [4.78, 5) is 26.8. The Morgan fingerprint density at radius 1 is 1.19 bits per heavy atom. The fourth-order valence-electron chi connectivity index (χ4n) is 3.34. The second-order valence-corrected chi connectivity index (χ2v) is 6.45. The van der Waals surface area contributed by atoms with Crippen molar-refractivity contribution in [3.8, 4) is 6.07 Å². The van der Waals surface area contributed by atoms with Crippen molar-refractivity contribution in [3.63, 3.8) is 0 Å². The maximum atomic E-state index is 12.6. The molecule has 1 aromatic heterocycles. The molecule has 1 N–H and O–H groups in total. The van der Waals surface area contributed by atoms with Crippen molar-refractivity contribution >= 4 is 17.0 Å². The molecule has 1 saturated heterocycles. The number of carbonyl (C=O) groups is 1. The molecule has 7 heteroatoms. The van der Waals surface area contributed by atoms with Crippen molar-refractivity contribution in [2.45, 2.75) is 6.54 Å². The van der Waals surface area contributed by atoms with Gasteiger partial charge in [0.2, 0.25) is 0 Å². The van der Waals surface area contributed by atoms with Crippen LogP contribution >= 0.6 is 0 Å². The number of fused-ring (bicyclic) bond motifs is 1. The van der Waals surface area contributed by atoms with Crippen LogP contribution in [0.25, 0.3) is 11.1 Å². The molecule has 1 fully saturated rings. The molecule has 0 radical (unpaired) electrons. The van der Waals surface area contributed by atoms with Crippen LogP contribution in [0.15, 0.2) is 51.7 Å². The molecular formula is C20H18N4O3. The Hall–Kier alpha value is -3.37. The zero-order chi connectivity index (χ0) is 18.8. The summed E-state index contributed by atoms with van der Waals surface area (Å²) in [6.07, 6.45) is 0. The Bertz CT molecular complexity index is 1100. The summed E-state index contributed by atoms with van der Waals surface area (Å²) in [5.41, 5.74) is 2.73. The SMILES string of the molecule is N#Cc1ccccc1Cn1c(=O)oc2cc(C(=O)N3CCNCC3)ccc21. The quantitative estimate of drug-likeness (QED) is 0.763. The first-order chi connectivity index (χ1) is 13.2. The lowest BCUT2D eigenvalue weighted by Crippen LogP contribution is -2.46. The van der Waals surface area contributed by atoms with Gasteiger partial charge >= 0.3 is 5.76 Å². The molecule has 0 bridgehead atoms. The number of amides is 1. The third-order valence-electron chi connectivity index (χ3n) is 4.79. The van der Waals surface area contributed by atoms with E-state index < -0.39 is 5.76 Å². The van der Waals surface area contributed by atoms with Gasteiger partial charge < -0.3 is 14.6 Å². The first kappa shape index (κ1) is 17.1. The topological polar surface area (TPSA) is 91.3 Å². The maximum absolute atomic E-state index is 12.6. The number of nitrogens with zero attached hydrogens (tertiary/aromatic N) is 3. The predicted molar refractivity (Wildman–Crippen MR) is 99.5 cm³/mol. The molecule has 0 aliphatic carbocycles. The molecule has 4 rings (SSSR count). The van der Waals surface area contributed by atoms with Gasteiger partial charge in [0, 0.05) is 31.7 Å². The Kier molecular flexibility index (Phi) is 4.48. The van der Waals surface area contributed by atoms with E-state index in [-0.39, 0.29) is 12.5 Å². The second kappa shape index (κ2) is 7.09. The van der Waals surface area contributed by atoms with Crippen molar-refractivity contribution in [1.29, 1.82) is 5.26 Å². The van der Waals surface area contributed by atoms with Crippen molar-refractivity contribution in [2.24, 2.45) is 0 Å². The van der Waals surface area contributed by atoms with Gasteiger partial charge in [0.15, 0.2) is 5.58 Å². The number of benzene rings is 2. The molecule has 0 spiro atoms. The molecule has 1 aliphatic heterocycles. The zero-order valence-electron chi connectivity index (χ0n) is 14.6. The van der Waals surface area contributed by atoms with E-state index in [9.17, 15) is 14.9 Å². The number of nitriles is 1. The summed E-state index contributed by atoms with van der Waals surface area (Å²) >= 11 is 0. The van der Waals surface area contributed by atoms with E-state index in [1.165, 1.54) is 4.57 Å². The highest BCUT2D eigenvalue weighted by Gasteiger charge is 2.20. The number of piperazine rings is 1. The smallest absolute Gasteiger partial charge is 0.408 e. The molecule has 2 heterocycles. The van der Waals surface area contributed by atoms with Crippen molar-refractivity contribution in [3.05, 3.63) is 69.7 Å². The molecule has 0 atom stereocenters. The molecule has 7 nitrogen and oxygen atoms in total. The highest BCUT2D eigenvalue weighted by Crippen LogP contribution is 2.19. The number of rotatable bonds is 3. The highest BCUT2D eigenvalue weighted by molar-refractivity contribution is 5.97. The molecular weight excluding hydrogens is 344 g/mol. The minimum atomic E-state index is -0.510. The van der Waals surface area contributed by atoms with Crippen LogP contribution in [0.4, 0.5) is 0 Å². The molecule has 136 valence electrons. The predicted octanol–water partition coefficient (Wildman–Crippen LogP) is 1.56. The third kappa shape index (κ3) is 3.23. The van der Waals surface area contributed by atoms with Gasteiger partial charge in [-0.15, -0.1) is 0 Å². The fourth-order valence-corrected chi connectivity index (χ4v) is 3.34. The largest absolute Gasteiger partial charge is 0.420 e. The summed E-state index contributed by atoms with van der Waals surface area (Å²) in [6, 6.07) is 14.3. The standard InChI is InChI=1S/C20H18N4O3/c21-12-15-3-1-2-4-16(15)13-24-17-6-5-14(11-18(17)27-20(24)26)19(25)23-9-7-22-8-10-23/h1-6,11,22H,7-10,13H2. The second-order valence-electron chi connectivity index (χ2n) is 6.45. The van der Waals surface area contributed by atoms with Crippen LogP contribution in [-0.2, 0) is 6.54 Å².